The van der Waals surface area contributed by atoms with Crippen molar-refractivity contribution in [1.29, 1.82) is 0 Å². The number of benzene rings is 2. The monoisotopic (exact) mass is 261 g/mol. The van der Waals surface area contributed by atoms with Crippen LogP contribution < -0.4 is 5.32 Å². The Bertz CT molecular complexity index is 734. The van der Waals surface area contributed by atoms with Gasteiger partial charge in [-0.3, -0.25) is 4.79 Å². The number of nitrogens with one attached hydrogen (secondary N) is 1. The summed E-state index contributed by atoms with van der Waals surface area (Å²) >= 11 is 0. The molecule has 20 heavy (non-hydrogen) atoms. The normalized spacial score (nSPS) is 9.30. The van der Waals surface area contributed by atoms with E-state index < -0.39 is 0 Å². The molecule has 0 radical (unpaired) electrons. The number of aromatic hydroxyl groups is 1. The molecular weight excluding hydrogens is 250 g/mol. The van der Waals surface area contributed by atoms with Gasteiger partial charge in [-0.05, 0) is 24.3 Å². The smallest absolute Gasteiger partial charge is 0.255 e. The highest BCUT2D eigenvalue weighted by atomic mass is 16.3. The van der Waals surface area contributed by atoms with Gasteiger partial charge >= 0.3 is 0 Å². The first-order valence-corrected chi connectivity index (χ1v) is 5.83. The summed E-state index contributed by atoms with van der Waals surface area (Å²) in [6, 6.07) is 11.5. The van der Waals surface area contributed by atoms with E-state index in [0.717, 1.165) is 0 Å². The quantitative estimate of drug-likeness (QED) is 0.645. The van der Waals surface area contributed by atoms with Crippen LogP contribution in [-0.4, -0.2) is 11.0 Å². The first-order valence-electron chi connectivity index (χ1n) is 5.83. The van der Waals surface area contributed by atoms with Crippen LogP contribution in [0.4, 0.5) is 5.69 Å². The maximum absolute atomic E-state index is 12.1. The third kappa shape index (κ3) is 2.48. The van der Waals surface area contributed by atoms with Crippen molar-refractivity contribution in [3.63, 3.8) is 0 Å². The Morgan fingerprint density at radius 1 is 1.05 bits per heavy atom. The fourth-order valence-corrected chi connectivity index (χ4v) is 1.76. The number of rotatable bonds is 2. The minimum Gasteiger partial charge on any atom is -0.506 e. The second-order valence-electron chi connectivity index (χ2n) is 3.99. The zero-order chi connectivity index (χ0) is 14.5. The lowest BCUT2D eigenvalue weighted by Gasteiger charge is -2.11. The molecule has 0 bridgehead atoms. The van der Waals surface area contributed by atoms with Crippen molar-refractivity contribution in [2.24, 2.45) is 0 Å². The number of phenols is 1. The molecule has 0 saturated heterocycles. The fraction of sp³-hybridized carbons (Fsp3) is 0. The van der Waals surface area contributed by atoms with Gasteiger partial charge in [0.05, 0.1) is 5.56 Å². The maximum Gasteiger partial charge on any atom is 0.255 e. The molecule has 0 saturated carbocycles. The second-order valence-corrected chi connectivity index (χ2v) is 3.99. The van der Waals surface area contributed by atoms with Gasteiger partial charge in [0.2, 0.25) is 0 Å². The summed E-state index contributed by atoms with van der Waals surface area (Å²) in [5.41, 5.74) is 1.34. The van der Waals surface area contributed by atoms with Crippen LogP contribution in [0.5, 0.6) is 5.75 Å². The first-order chi connectivity index (χ1) is 9.67. The summed E-state index contributed by atoms with van der Waals surface area (Å²) in [6.07, 6.45) is 10.7. The fourth-order valence-electron chi connectivity index (χ4n) is 1.76. The van der Waals surface area contributed by atoms with Crippen molar-refractivity contribution < 1.29 is 9.90 Å². The van der Waals surface area contributed by atoms with Gasteiger partial charge in [-0.15, -0.1) is 12.8 Å². The molecular formula is C17H11NO2. The van der Waals surface area contributed by atoms with Gasteiger partial charge in [0, 0.05) is 11.1 Å². The number of hydrogen-bond donors (Lipinski definition) is 2. The Hall–Kier alpha value is -3.17. The third-order valence-corrected chi connectivity index (χ3v) is 2.76. The number of hydrogen-bond acceptors (Lipinski definition) is 2. The lowest BCUT2D eigenvalue weighted by Crippen LogP contribution is -2.13. The predicted octanol–water partition coefficient (Wildman–Crippen LogP) is 2.61. The van der Waals surface area contributed by atoms with Crippen LogP contribution in [-0.2, 0) is 0 Å². The number of carbonyl (C=O) groups excluding carboxylic acids is 1. The number of phenolic OH excluding ortho intramolecular Hbond substituents is 1. The van der Waals surface area contributed by atoms with E-state index in [1.165, 1.54) is 12.1 Å². The van der Waals surface area contributed by atoms with Crippen molar-refractivity contribution in [2.45, 2.75) is 0 Å². The lowest BCUT2D eigenvalue weighted by molar-refractivity contribution is 0.102. The minimum absolute atomic E-state index is 0.124. The van der Waals surface area contributed by atoms with E-state index in [-0.39, 0.29) is 22.9 Å². The Morgan fingerprint density at radius 2 is 1.75 bits per heavy atom. The van der Waals surface area contributed by atoms with Crippen LogP contribution in [0.15, 0.2) is 42.5 Å². The molecule has 0 atom stereocenters. The highest BCUT2D eigenvalue weighted by Gasteiger charge is 2.14. The van der Waals surface area contributed by atoms with E-state index in [9.17, 15) is 9.90 Å². The molecule has 0 aliphatic rings. The molecule has 0 unspecified atom stereocenters. The van der Waals surface area contributed by atoms with Gasteiger partial charge in [-0.25, -0.2) is 0 Å². The zero-order valence-corrected chi connectivity index (χ0v) is 10.6. The molecule has 0 aliphatic heterocycles. The van der Waals surface area contributed by atoms with Crippen molar-refractivity contribution in [2.75, 3.05) is 5.32 Å². The summed E-state index contributed by atoms with van der Waals surface area (Å²) < 4.78 is 0. The number of carbonyl (C=O) groups is 1. The van der Waals surface area contributed by atoms with E-state index in [1.54, 1.807) is 30.3 Å². The molecule has 0 spiro atoms. The molecule has 3 nitrogen and oxygen atoms in total. The number of amides is 1. The van der Waals surface area contributed by atoms with Crippen LogP contribution in [0.25, 0.3) is 0 Å². The van der Waals surface area contributed by atoms with Crippen molar-refractivity contribution in [3.05, 3.63) is 59.2 Å². The van der Waals surface area contributed by atoms with Crippen LogP contribution in [0.1, 0.15) is 21.5 Å². The van der Waals surface area contributed by atoms with Crippen molar-refractivity contribution in [3.8, 4) is 30.4 Å². The Morgan fingerprint density at radius 3 is 2.35 bits per heavy atom. The minimum atomic E-state index is -0.369. The van der Waals surface area contributed by atoms with E-state index in [0.29, 0.717) is 11.1 Å². The van der Waals surface area contributed by atoms with Crippen LogP contribution in [0.3, 0.4) is 0 Å². The van der Waals surface area contributed by atoms with Crippen molar-refractivity contribution >= 4 is 11.6 Å². The molecule has 2 aromatic rings. The SMILES string of the molecule is C#Cc1ccc(O)c(NC(=O)c2ccccc2)c1C#C. The van der Waals surface area contributed by atoms with Gasteiger partial charge in [-0.1, -0.05) is 30.0 Å². The molecule has 2 aromatic carbocycles. The van der Waals surface area contributed by atoms with E-state index in [2.05, 4.69) is 17.2 Å². The number of terminal acetylenes is 2. The molecule has 2 N–H and O–H groups in total. The zero-order valence-electron chi connectivity index (χ0n) is 10.6. The van der Waals surface area contributed by atoms with E-state index >= 15 is 0 Å². The molecule has 0 heterocycles. The predicted molar refractivity (Wildman–Crippen MR) is 78.4 cm³/mol. The Labute approximate surface area is 117 Å². The highest BCUT2D eigenvalue weighted by Crippen LogP contribution is 2.29. The summed E-state index contributed by atoms with van der Waals surface area (Å²) in [5.74, 6) is 4.32. The molecule has 0 aliphatic carbocycles. The summed E-state index contributed by atoms with van der Waals surface area (Å²) in [4.78, 5) is 12.1. The standard InChI is InChI=1S/C17H11NO2/c1-3-12-10-11-15(19)16(14(12)4-2)18-17(20)13-8-6-5-7-9-13/h1-2,5-11,19H,(H,18,20). The Kier molecular flexibility index (Phi) is 3.75. The van der Waals surface area contributed by atoms with Gasteiger partial charge < -0.3 is 10.4 Å². The second kappa shape index (κ2) is 5.65. The molecule has 1 amide bonds. The van der Waals surface area contributed by atoms with E-state index in [1.807, 2.05) is 0 Å². The molecule has 0 aromatic heterocycles. The van der Waals surface area contributed by atoms with Gasteiger partial charge in [0.15, 0.2) is 0 Å². The first kappa shape index (κ1) is 13.3. The van der Waals surface area contributed by atoms with Gasteiger partial charge in [-0.2, -0.15) is 0 Å². The largest absolute Gasteiger partial charge is 0.506 e. The number of anilines is 1. The maximum atomic E-state index is 12.1. The molecule has 96 valence electrons. The average Bonchev–Trinajstić information content (AvgIpc) is 2.49. The van der Waals surface area contributed by atoms with Crippen molar-refractivity contribution in [1.82, 2.24) is 0 Å². The summed E-state index contributed by atoms with van der Waals surface area (Å²) in [6.45, 7) is 0. The van der Waals surface area contributed by atoms with Crippen LogP contribution in [0, 0.1) is 24.7 Å². The molecule has 0 fully saturated rings. The summed E-state index contributed by atoms with van der Waals surface area (Å²) in [5, 5.41) is 12.5. The third-order valence-electron chi connectivity index (χ3n) is 2.76. The lowest BCUT2D eigenvalue weighted by atomic mass is 10.0. The van der Waals surface area contributed by atoms with Crippen LogP contribution >= 0.6 is 0 Å². The van der Waals surface area contributed by atoms with E-state index in [4.69, 9.17) is 12.8 Å². The van der Waals surface area contributed by atoms with Gasteiger partial charge in [0.1, 0.15) is 11.4 Å². The highest BCUT2D eigenvalue weighted by molar-refractivity contribution is 6.06. The summed E-state index contributed by atoms with van der Waals surface area (Å²) in [7, 11) is 0. The molecule has 2 rings (SSSR count). The molecule has 3 heteroatoms. The Balaban J connectivity index is 2.43. The van der Waals surface area contributed by atoms with Gasteiger partial charge in [0.25, 0.3) is 5.91 Å². The average molecular weight is 261 g/mol. The van der Waals surface area contributed by atoms with Crippen LogP contribution in [0.2, 0.25) is 0 Å². The topological polar surface area (TPSA) is 49.3 Å².